The average Bonchev–Trinajstić information content (AvgIpc) is 3.15. The highest BCUT2D eigenvalue weighted by molar-refractivity contribution is 6.05. The molecule has 1 aromatic carbocycles. The second kappa shape index (κ2) is 8.31. The normalized spacial score (nSPS) is 11.4. The minimum absolute atomic E-state index is 0.110. The Hall–Kier alpha value is -3.40. The molecule has 2 aromatic heterocycles. The number of halogens is 3. The van der Waals surface area contributed by atoms with E-state index in [1.54, 1.807) is 24.5 Å². The van der Waals surface area contributed by atoms with Crippen LogP contribution in [0.25, 0.3) is 5.52 Å². The topological polar surface area (TPSA) is 95.7 Å². The minimum atomic E-state index is -4.70. The van der Waals surface area contributed by atoms with Crippen molar-refractivity contribution in [3.8, 4) is 0 Å². The lowest BCUT2D eigenvalue weighted by atomic mass is 10.1. The number of rotatable bonds is 6. The Labute approximate surface area is 163 Å². The van der Waals surface area contributed by atoms with E-state index in [2.05, 4.69) is 15.7 Å². The highest BCUT2D eigenvalue weighted by Gasteiger charge is 2.32. The van der Waals surface area contributed by atoms with Crippen LogP contribution >= 0.6 is 0 Å². The molecule has 0 radical (unpaired) electrons. The zero-order chi connectivity index (χ0) is 21.0. The lowest BCUT2D eigenvalue weighted by Crippen LogP contribution is -2.25. The number of hydrogen-bond acceptors (Lipinski definition) is 4. The van der Waals surface area contributed by atoms with Crippen molar-refractivity contribution in [1.82, 2.24) is 14.9 Å². The van der Waals surface area contributed by atoms with Crippen molar-refractivity contribution in [3.05, 3.63) is 65.5 Å². The average molecular weight is 406 g/mol. The number of nitrogens with one attached hydrogen (secondary N) is 2. The summed E-state index contributed by atoms with van der Waals surface area (Å²) in [5.41, 5.74) is -0.603. The first-order valence-electron chi connectivity index (χ1n) is 8.64. The summed E-state index contributed by atoms with van der Waals surface area (Å²) in [5.74, 6) is -1.36. The lowest BCUT2D eigenvalue weighted by molar-refractivity contribution is -0.137. The number of benzene rings is 1. The van der Waals surface area contributed by atoms with Crippen LogP contribution in [0.15, 0.2) is 48.8 Å². The van der Waals surface area contributed by atoms with Gasteiger partial charge in [0.1, 0.15) is 0 Å². The fourth-order valence-electron chi connectivity index (χ4n) is 2.64. The molecular formula is C19H17F3N4O3. The van der Waals surface area contributed by atoms with E-state index in [1.165, 1.54) is 16.6 Å². The molecule has 0 atom stereocenters. The molecule has 3 N–H and O–H groups in total. The maximum atomic E-state index is 13.2. The van der Waals surface area contributed by atoms with Crippen LogP contribution in [0.5, 0.6) is 0 Å². The number of alkyl halides is 3. The summed E-state index contributed by atoms with van der Waals surface area (Å²) < 4.78 is 41.2. The first-order valence-corrected chi connectivity index (χ1v) is 8.64. The number of amides is 2. The number of carbonyl (C=O) groups is 2. The van der Waals surface area contributed by atoms with Crippen molar-refractivity contribution in [1.29, 1.82) is 0 Å². The molecule has 0 fully saturated rings. The number of aliphatic hydroxyl groups excluding tert-OH is 1. The van der Waals surface area contributed by atoms with Crippen LogP contribution in [0.2, 0.25) is 0 Å². The zero-order valence-corrected chi connectivity index (χ0v) is 15.0. The Balaban J connectivity index is 1.87. The molecule has 3 rings (SSSR count). The van der Waals surface area contributed by atoms with Crippen LogP contribution in [-0.2, 0) is 6.18 Å². The summed E-state index contributed by atoms with van der Waals surface area (Å²) in [6, 6.07) is 7.33. The van der Waals surface area contributed by atoms with Crippen molar-refractivity contribution in [3.63, 3.8) is 0 Å². The summed E-state index contributed by atoms with van der Waals surface area (Å²) in [7, 11) is 0. The molecule has 0 aliphatic carbocycles. The summed E-state index contributed by atoms with van der Waals surface area (Å²) in [6.07, 6.45) is -1.33. The summed E-state index contributed by atoms with van der Waals surface area (Å²) >= 11 is 0. The Morgan fingerprint density at radius 3 is 2.59 bits per heavy atom. The van der Waals surface area contributed by atoms with Gasteiger partial charge in [-0.05, 0) is 42.8 Å². The molecule has 7 nitrogen and oxygen atoms in total. The van der Waals surface area contributed by atoms with Crippen LogP contribution in [-0.4, -0.2) is 39.7 Å². The second-order valence-electron chi connectivity index (χ2n) is 6.20. The van der Waals surface area contributed by atoms with Crippen molar-refractivity contribution in [2.45, 2.75) is 12.6 Å². The number of anilines is 1. The van der Waals surface area contributed by atoms with Gasteiger partial charge in [0.15, 0.2) is 0 Å². The van der Waals surface area contributed by atoms with Gasteiger partial charge in [-0.1, -0.05) is 0 Å². The van der Waals surface area contributed by atoms with E-state index in [1.807, 2.05) is 0 Å². The van der Waals surface area contributed by atoms with Crippen molar-refractivity contribution in [2.24, 2.45) is 0 Å². The Kier molecular flexibility index (Phi) is 5.83. The fourth-order valence-corrected chi connectivity index (χ4v) is 2.64. The lowest BCUT2D eigenvalue weighted by Gasteiger charge is -2.13. The largest absolute Gasteiger partial charge is 0.416 e. The molecular weight excluding hydrogens is 389 g/mol. The third-order valence-corrected chi connectivity index (χ3v) is 4.06. The fraction of sp³-hybridized carbons (Fsp3) is 0.211. The third-order valence-electron chi connectivity index (χ3n) is 4.06. The predicted octanol–water partition coefficient (Wildman–Crippen LogP) is 2.72. The van der Waals surface area contributed by atoms with Crippen LogP contribution < -0.4 is 10.6 Å². The van der Waals surface area contributed by atoms with E-state index in [0.29, 0.717) is 11.6 Å². The number of carbonyl (C=O) groups excluding carboxylic acids is 2. The van der Waals surface area contributed by atoms with Gasteiger partial charge in [0.05, 0.1) is 11.1 Å². The van der Waals surface area contributed by atoms with Crippen molar-refractivity contribution in [2.75, 3.05) is 18.5 Å². The van der Waals surface area contributed by atoms with E-state index in [-0.39, 0.29) is 36.4 Å². The van der Waals surface area contributed by atoms with Crippen molar-refractivity contribution >= 4 is 23.0 Å². The number of hydrogen-bond donors (Lipinski definition) is 3. The molecule has 2 amide bonds. The number of nitrogens with zero attached hydrogens (tertiary/aromatic N) is 2. The van der Waals surface area contributed by atoms with E-state index in [0.717, 1.165) is 6.07 Å². The SMILES string of the molecule is O=C(NCCCO)c1cc(NC(=O)c2ccn3nccc3c2)cc(C(F)(F)F)c1. The van der Waals surface area contributed by atoms with Gasteiger partial charge in [-0.2, -0.15) is 18.3 Å². The molecule has 0 aliphatic heterocycles. The monoisotopic (exact) mass is 406 g/mol. The van der Waals surface area contributed by atoms with E-state index < -0.39 is 23.6 Å². The first kappa shape index (κ1) is 20.3. The quantitative estimate of drug-likeness (QED) is 0.549. The number of aliphatic hydroxyl groups is 1. The highest BCUT2D eigenvalue weighted by atomic mass is 19.4. The molecule has 0 aliphatic rings. The summed E-state index contributed by atoms with van der Waals surface area (Å²) in [4.78, 5) is 24.6. The van der Waals surface area contributed by atoms with Gasteiger partial charge in [0, 0.05) is 42.4 Å². The van der Waals surface area contributed by atoms with Crippen LogP contribution in [0.4, 0.5) is 18.9 Å². The van der Waals surface area contributed by atoms with Gasteiger partial charge < -0.3 is 15.7 Å². The third kappa shape index (κ3) is 4.91. The zero-order valence-electron chi connectivity index (χ0n) is 15.0. The maximum absolute atomic E-state index is 13.2. The van der Waals surface area contributed by atoms with Gasteiger partial charge in [-0.25, -0.2) is 4.52 Å². The molecule has 3 aromatic rings. The van der Waals surface area contributed by atoms with Gasteiger partial charge in [-0.15, -0.1) is 0 Å². The molecule has 10 heteroatoms. The maximum Gasteiger partial charge on any atom is 0.416 e. The molecule has 0 saturated heterocycles. The smallest absolute Gasteiger partial charge is 0.396 e. The van der Waals surface area contributed by atoms with Crippen LogP contribution in [0.1, 0.15) is 32.7 Å². The van der Waals surface area contributed by atoms with E-state index in [4.69, 9.17) is 5.11 Å². The van der Waals surface area contributed by atoms with Gasteiger partial charge in [0.2, 0.25) is 0 Å². The first-order chi connectivity index (χ1) is 13.8. The molecule has 152 valence electrons. The number of aromatic nitrogens is 2. The standard InChI is InChI=1S/C19H17F3N4O3/c20-19(21,22)14-8-13(17(28)23-4-1-7-27)9-15(11-14)25-18(29)12-3-6-26-16(10-12)2-5-24-26/h2-3,5-6,8-11,27H,1,4,7H2,(H,23,28)(H,25,29). The van der Waals surface area contributed by atoms with E-state index >= 15 is 0 Å². The second-order valence-corrected chi connectivity index (χ2v) is 6.20. The van der Waals surface area contributed by atoms with Crippen molar-refractivity contribution < 1.29 is 27.9 Å². The van der Waals surface area contributed by atoms with E-state index in [9.17, 15) is 22.8 Å². The molecule has 0 saturated carbocycles. The van der Waals surface area contributed by atoms with Crippen LogP contribution in [0, 0.1) is 0 Å². The molecule has 2 heterocycles. The molecule has 29 heavy (non-hydrogen) atoms. The molecule has 0 bridgehead atoms. The Morgan fingerprint density at radius 2 is 1.86 bits per heavy atom. The Morgan fingerprint density at radius 1 is 1.07 bits per heavy atom. The highest BCUT2D eigenvalue weighted by Crippen LogP contribution is 2.32. The molecule has 0 spiro atoms. The van der Waals surface area contributed by atoms with Gasteiger partial charge in [0.25, 0.3) is 11.8 Å². The molecule has 0 unspecified atom stereocenters. The number of fused-ring (bicyclic) bond motifs is 1. The van der Waals surface area contributed by atoms with Gasteiger partial charge in [-0.3, -0.25) is 9.59 Å². The summed E-state index contributed by atoms with van der Waals surface area (Å²) in [5, 5.41) is 17.6. The summed E-state index contributed by atoms with van der Waals surface area (Å²) in [6.45, 7) is -0.0512. The predicted molar refractivity (Wildman–Crippen MR) is 98.6 cm³/mol. The minimum Gasteiger partial charge on any atom is -0.396 e. The Bertz CT molecular complexity index is 1050. The number of pyridine rings is 1. The van der Waals surface area contributed by atoms with Crippen LogP contribution in [0.3, 0.4) is 0 Å². The van der Waals surface area contributed by atoms with Gasteiger partial charge >= 0.3 is 6.18 Å².